The molecular weight excluding hydrogens is 260 g/mol. The number of halogens is 1. The number of nitrogens with one attached hydrogen (secondary N) is 1. The van der Waals surface area contributed by atoms with Crippen LogP contribution in [0.1, 0.15) is 45.4 Å². The van der Waals surface area contributed by atoms with Crippen LogP contribution in [-0.2, 0) is 10.2 Å². The third kappa shape index (κ3) is 5.55. The SMILES string of the molecule is CCCC(Cl)CNS(=O)(=O)N1CCCCCC1. The molecule has 0 radical (unpaired) electrons. The molecule has 1 N–H and O–H groups in total. The number of alkyl halides is 1. The van der Waals surface area contributed by atoms with Crippen LogP contribution in [0.15, 0.2) is 0 Å². The van der Waals surface area contributed by atoms with E-state index in [4.69, 9.17) is 11.6 Å². The average molecular weight is 283 g/mol. The second-order valence-corrected chi connectivity index (χ2v) is 6.93. The van der Waals surface area contributed by atoms with Crippen molar-refractivity contribution in [1.82, 2.24) is 9.03 Å². The quantitative estimate of drug-likeness (QED) is 0.759. The molecule has 0 spiro atoms. The Morgan fingerprint density at radius 2 is 1.82 bits per heavy atom. The molecule has 1 unspecified atom stereocenters. The summed E-state index contributed by atoms with van der Waals surface area (Å²) in [5, 5.41) is -0.109. The van der Waals surface area contributed by atoms with Crippen LogP contribution in [0.2, 0.25) is 0 Å². The summed E-state index contributed by atoms with van der Waals surface area (Å²) in [4.78, 5) is 0. The van der Waals surface area contributed by atoms with Crippen molar-refractivity contribution in [2.75, 3.05) is 19.6 Å². The molecule has 1 saturated heterocycles. The first-order chi connectivity index (χ1) is 8.06. The molecular formula is C11H23ClN2O2S. The number of rotatable bonds is 6. The molecule has 0 saturated carbocycles. The van der Waals surface area contributed by atoms with Crippen LogP contribution >= 0.6 is 11.6 Å². The molecule has 6 heteroatoms. The topological polar surface area (TPSA) is 49.4 Å². The van der Waals surface area contributed by atoms with Crippen LogP contribution in [0.5, 0.6) is 0 Å². The summed E-state index contributed by atoms with van der Waals surface area (Å²) in [5.74, 6) is 0. The summed E-state index contributed by atoms with van der Waals surface area (Å²) in [7, 11) is -3.32. The maximum atomic E-state index is 12.0. The highest BCUT2D eigenvalue weighted by Crippen LogP contribution is 2.13. The summed E-state index contributed by atoms with van der Waals surface area (Å²) in [6.07, 6.45) is 5.98. The highest BCUT2D eigenvalue weighted by Gasteiger charge is 2.23. The van der Waals surface area contributed by atoms with Crippen molar-refractivity contribution in [3.8, 4) is 0 Å². The fraction of sp³-hybridized carbons (Fsp3) is 1.00. The third-order valence-electron chi connectivity index (χ3n) is 2.99. The second kappa shape index (κ2) is 7.56. The lowest BCUT2D eigenvalue weighted by Gasteiger charge is -2.21. The van der Waals surface area contributed by atoms with Crippen molar-refractivity contribution in [3.63, 3.8) is 0 Å². The maximum Gasteiger partial charge on any atom is 0.279 e. The van der Waals surface area contributed by atoms with E-state index in [0.717, 1.165) is 38.5 Å². The third-order valence-corrected chi connectivity index (χ3v) is 4.94. The average Bonchev–Trinajstić information content (AvgIpc) is 2.56. The van der Waals surface area contributed by atoms with E-state index in [9.17, 15) is 8.42 Å². The Kier molecular flexibility index (Phi) is 6.77. The second-order valence-electron chi connectivity index (χ2n) is 4.55. The van der Waals surface area contributed by atoms with Gasteiger partial charge in [-0.2, -0.15) is 12.7 Å². The van der Waals surface area contributed by atoms with Crippen molar-refractivity contribution < 1.29 is 8.42 Å². The van der Waals surface area contributed by atoms with Crippen LogP contribution in [0.3, 0.4) is 0 Å². The minimum absolute atomic E-state index is 0.109. The summed E-state index contributed by atoms with van der Waals surface area (Å²) in [5.41, 5.74) is 0. The molecule has 0 aromatic rings. The molecule has 1 rings (SSSR count). The molecule has 0 aliphatic carbocycles. The Hall–Kier alpha value is 0.160. The summed E-state index contributed by atoms with van der Waals surface area (Å²) in [6, 6.07) is 0. The van der Waals surface area contributed by atoms with Crippen molar-refractivity contribution in [3.05, 3.63) is 0 Å². The first-order valence-corrected chi connectivity index (χ1v) is 8.32. The van der Waals surface area contributed by atoms with Gasteiger partial charge in [0, 0.05) is 25.0 Å². The Balaban J connectivity index is 2.43. The summed E-state index contributed by atoms with van der Waals surface area (Å²) < 4.78 is 28.2. The predicted octanol–water partition coefficient (Wildman–Crippen LogP) is 2.10. The molecule has 1 heterocycles. The Labute approximate surface area is 110 Å². The molecule has 1 atom stereocenters. The van der Waals surface area contributed by atoms with Gasteiger partial charge in [0.15, 0.2) is 0 Å². The zero-order valence-corrected chi connectivity index (χ0v) is 12.1. The van der Waals surface area contributed by atoms with Crippen LogP contribution in [-0.4, -0.2) is 37.7 Å². The summed E-state index contributed by atoms with van der Waals surface area (Å²) in [6.45, 7) is 3.64. The summed E-state index contributed by atoms with van der Waals surface area (Å²) >= 11 is 6.01. The van der Waals surface area contributed by atoms with Crippen molar-refractivity contribution in [1.29, 1.82) is 0 Å². The van der Waals surface area contributed by atoms with Gasteiger partial charge in [-0.05, 0) is 19.3 Å². The number of hydrogen-bond acceptors (Lipinski definition) is 2. The standard InChI is InChI=1S/C11H23ClN2O2S/c1-2-7-11(12)10-13-17(15,16)14-8-5-3-4-6-9-14/h11,13H,2-10H2,1H3. The van der Waals surface area contributed by atoms with Gasteiger partial charge in [0.05, 0.1) is 0 Å². The van der Waals surface area contributed by atoms with Crippen LogP contribution in [0.4, 0.5) is 0 Å². The van der Waals surface area contributed by atoms with E-state index in [-0.39, 0.29) is 5.38 Å². The molecule has 4 nitrogen and oxygen atoms in total. The lowest BCUT2D eigenvalue weighted by molar-refractivity contribution is 0.414. The number of hydrogen-bond donors (Lipinski definition) is 1. The van der Waals surface area contributed by atoms with Gasteiger partial charge in [-0.1, -0.05) is 26.2 Å². The van der Waals surface area contributed by atoms with E-state index in [0.29, 0.717) is 19.6 Å². The molecule has 0 aromatic heterocycles. The zero-order chi connectivity index (χ0) is 12.7. The van der Waals surface area contributed by atoms with E-state index in [1.807, 2.05) is 6.92 Å². The first-order valence-electron chi connectivity index (χ1n) is 6.45. The molecule has 17 heavy (non-hydrogen) atoms. The van der Waals surface area contributed by atoms with Crippen molar-refractivity contribution >= 4 is 21.8 Å². The lowest BCUT2D eigenvalue weighted by atomic mass is 10.2. The van der Waals surface area contributed by atoms with E-state index < -0.39 is 10.2 Å². The fourth-order valence-electron chi connectivity index (χ4n) is 1.98. The lowest BCUT2D eigenvalue weighted by Crippen LogP contribution is -2.43. The van der Waals surface area contributed by atoms with Gasteiger partial charge in [-0.25, -0.2) is 4.72 Å². The highest BCUT2D eigenvalue weighted by atomic mass is 35.5. The van der Waals surface area contributed by atoms with Gasteiger partial charge in [0.25, 0.3) is 10.2 Å². The van der Waals surface area contributed by atoms with Gasteiger partial charge in [-0.15, -0.1) is 11.6 Å². The minimum atomic E-state index is -3.32. The monoisotopic (exact) mass is 282 g/mol. The minimum Gasteiger partial charge on any atom is -0.201 e. The molecule has 1 aliphatic rings. The fourth-order valence-corrected chi connectivity index (χ4v) is 3.70. The van der Waals surface area contributed by atoms with Gasteiger partial charge in [-0.3, -0.25) is 0 Å². The first kappa shape index (κ1) is 15.2. The molecule has 0 amide bonds. The van der Waals surface area contributed by atoms with E-state index >= 15 is 0 Å². The van der Waals surface area contributed by atoms with Gasteiger partial charge < -0.3 is 0 Å². The molecule has 0 bridgehead atoms. The van der Waals surface area contributed by atoms with E-state index in [1.165, 1.54) is 0 Å². The Bertz CT molecular complexity index is 301. The normalized spacial score (nSPS) is 21.1. The van der Waals surface area contributed by atoms with Crippen molar-refractivity contribution in [2.24, 2.45) is 0 Å². The van der Waals surface area contributed by atoms with Gasteiger partial charge in [0.2, 0.25) is 0 Å². The van der Waals surface area contributed by atoms with Crippen LogP contribution in [0, 0.1) is 0 Å². The highest BCUT2D eigenvalue weighted by molar-refractivity contribution is 7.87. The zero-order valence-electron chi connectivity index (χ0n) is 10.5. The Morgan fingerprint density at radius 1 is 1.24 bits per heavy atom. The van der Waals surface area contributed by atoms with Gasteiger partial charge >= 0.3 is 0 Å². The molecule has 1 fully saturated rings. The molecule has 0 aromatic carbocycles. The van der Waals surface area contributed by atoms with Crippen LogP contribution < -0.4 is 4.72 Å². The van der Waals surface area contributed by atoms with E-state index in [2.05, 4.69) is 4.72 Å². The predicted molar refractivity (Wildman–Crippen MR) is 71.5 cm³/mol. The van der Waals surface area contributed by atoms with Gasteiger partial charge in [0.1, 0.15) is 0 Å². The Morgan fingerprint density at radius 3 is 2.35 bits per heavy atom. The molecule has 102 valence electrons. The van der Waals surface area contributed by atoms with Crippen molar-refractivity contribution in [2.45, 2.75) is 50.8 Å². The maximum absolute atomic E-state index is 12.0. The van der Waals surface area contributed by atoms with E-state index in [1.54, 1.807) is 4.31 Å². The largest absolute Gasteiger partial charge is 0.279 e. The number of nitrogens with zero attached hydrogens (tertiary/aromatic N) is 1. The van der Waals surface area contributed by atoms with Crippen LogP contribution in [0.25, 0.3) is 0 Å². The molecule has 1 aliphatic heterocycles. The smallest absolute Gasteiger partial charge is 0.201 e.